The molecule has 1 radical (unpaired) electrons. The van der Waals surface area contributed by atoms with E-state index in [1.54, 1.807) is 32.0 Å². The Bertz CT molecular complexity index is 345. The van der Waals surface area contributed by atoms with Gasteiger partial charge in [0.2, 0.25) is 6.43 Å². The molecule has 0 unspecified atom stereocenters. The van der Waals surface area contributed by atoms with E-state index in [-0.39, 0.29) is 0 Å². The maximum absolute atomic E-state index is 12.7. The van der Waals surface area contributed by atoms with Gasteiger partial charge in [0.05, 0.1) is 0 Å². The third-order valence-electron chi connectivity index (χ3n) is 2.57. The summed E-state index contributed by atoms with van der Waals surface area (Å²) in [7, 11) is 0.568. The van der Waals surface area contributed by atoms with Gasteiger partial charge >= 0.3 is 7.69 Å². The number of alkyl halides is 2. The molecule has 0 fully saturated rings. The number of benzene rings is 1. The second kappa shape index (κ2) is 5.84. The average Bonchev–Trinajstić information content (AvgIpc) is 2.22. The predicted molar refractivity (Wildman–Crippen MR) is 58.8 cm³/mol. The molecule has 16 heavy (non-hydrogen) atoms. The molecule has 2 nitrogen and oxygen atoms in total. The van der Waals surface area contributed by atoms with E-state index in [9.17, 15) is 8.78 Å². The third-order valence-corrected chi connectivity index (χ3v) is 2.57. The van der Waals surface area contributed by atoms with Gasteiger partial charge in [0.25, 0.3) is 0 Å². The zero-order valence-electron chi connectivity index (χ0n) is 9.28. The lowest BCUT2D eigenvalue weighted by Gasteiger charge is -2.17. The summed E-state index contributed by atoms with van der Waals surface area (Å²) in [5.74, 6) is -0.306. The van der Waals surface area contributed by atoms with Crippen LogP contribution in [0.5, 0.6) is 5.75 Å². The first kappa shape index (κ1) is 13.0. The molecule has 1 aromatic carbocycles. The lowest BCUT2D eigenvalue weighted by atomic mass is 9.93. The second-order valence-electron chi connectivity index (χ2n) is 3.59. The summed E-state index contributed by atoms with van der Waals surface area (Å²) >= 11 is 0. The highest BCUT2D eigenvalue weighted by molar-refractivity contribution is 6.17. The van der Waals surface area contributed by atoms with Crippen LogP contribution in [-0.4, -0.2) is 19.1 Å². The number of hydrogen-bond donors (Lipinski definition) is 1. The molecule has 0 aliphatic heterocycles. The molecule has 0 heterocycles. The van der Waals surface area contributed by atoms with Crippen LogP contribution in [0.1, 0.15) is 30.4 Å². The number of aryl methyl sites for hydroxylation is 1. The highest BCUT2D eigenvalue weighted by Gasteiger charge is 2.22. The largest absolute Gasteiger partial charge is 0.569 e. The van der Waals surface area contributed by atoms with E-state index in [1.807, 2.05) is 0 Å². The molecule has 0 saturated carbocycles. The minimum Gasteiger partial charge on any atom is -0.537 e. The Kier molecular flexibility index (Phi) is 4.74. The van der Waals surface area contributed by atoms with Crippen molar-refractivity contribution in [2.45, 2.75) is 32.6 Å². The van der Waals surface area contributed by atoms with Crippen molar-refractivity contribution in [3.05, 3.63) is 29.3 Å². The lowest BCUT2D eigenvalue weighted by Crippen LogP contribution is -2.10. The number of halogens is 2. The van der Waals surface area contributed by atoms with Gasteiger partial charge in [0.15, 0.2) is 0 Å². The Morgan fingerprint density at radius 1 is 1.44 bits per heavy atom. The monoisotopic (exact) mass is 227 g/mol. The zero-order valence-corrected chi connectivity index (χ0v) is 9.28. The number of hydrogen-bond acceptors (Lipinski definition) is 2. The third kappa shape index (κ3) is 2.95. The summed E-state index contributed by atoms with van der Waals surface area (Å²) in [5, 5.41) is 8.46. The first-order chi connectivity index (χ1) is 7.60. The quantitative estimate of drug-likeness (QED) is 0.783. The summed E-state index contributed by atoms with van der Waals surface area (Å²) < 4.78 is 30.2. The van der Waals surface area contributed by atoms with E-state index in [4.69, 9.17) is 9.68 Å². The highest BCUT2D eigenvalue weighted by atomic mass is 19.3. The molecule has 0 spiro atoms. The topological polar surface area (TPSA) is 29.5 Å². The van der Waals surface area contributed by atoms with E-state index < -0.39 is 12.3 Å². The molecule has 1 N–H and O–H groups in total. The van der Waals surface area contributed by atoms with Crippen LogP contribution >= 0.6 is 0 Å². The van der Waals surface area contributed by atoms with E-state index >= 15 is 0 Å². The Labute approximate surface area is 94.6 Å². The summed E-state index contributed by atoms with van der Waals surface area (Å²) in [6.45, 7) is 3.49. The maximum atomic E-state index is 12.7. The van der Waals surface area contributed by atoms with Crippen LogP contribution in [-0.2, 0) is 0 Å². The molecule has 1 atom stereocenters. The summed E-state index contributed by atoms with van der Waals surface area (Å²) in [4.78, 5) is 0. The maximum Gasteiger partial charge on any atom is 0.569 e. The fraction of sp³-hybridized carbons (Fsp3) is 0.455. The van der Waals surface area contributed by atoms with E-state index in [1.165, 1.54) is 0 Å². The molecule has 0 aliphatic carbocycles. The van der Waals surface area contributed by atoms with E-state index in [2.05, 4.69) is 0 Å². The van der Waals surface area contributed by atoms with Gasteiger partial charge in [-0.25, -0.2) is 8.78 Å². The molecule has 0 aromatic heterocycles. The van der Waals surface area contributed by atoms with Crippen molar-refractivity contribution in [2.24, 2.45) is 0 Å². The fourth-order valence-electron chi connectivity index (χ4n) is 1.73. The molecule has 0 aliphatic rings. The van der Waals surface area contributed by atoms with Crippen molar-refractivity contribution in [3.63, 3.8) is 0 Å². The lowest BCUT2D eigenvalue weighted by molar-refractivity contribution is 0.112. The van der Waals surface area contributed by atoms with Crippen molar-refractivity contribution < 1.29 is 18.5 Å². The first-order valence-corrected chi connectivity index (χ1v) is 5.11. The van der Waals surface area contributed by atoms with Gasteiger partial charge in [0.1, 0.15) is 5.75 Å². The summed E-state index contributed by atoms with van der Waals surface area (Å²) in [6.07, 6.45) is -1.97. The Hall–Kier alpha value is -1.10. The van der Waals surface area contributed by atoms with Gasteiger partial charge < -0.3 is 9.68 Å². The fourth-order valence-corrected chi connectivity index (χ4v) is 1.73. The summed E-state index contributed by atoms with van der Waals surface area (Å²) in [6, 6.07) is 4.82. The average molecular weight is 227 g/mol. The molecule has 0 amide bonds. The van der Waals surface area contributed by atoms with Crippen LogP contribution in [0.15, 0.2) is 18.2 Å². The molecule has 1 aromatic rings. The van der Waals surface area contributed by atoms with Gasteiger partial charge in [-0.3, -0.25) is 0 Å². The molecule has 0 bridgehead atoms. The Morgan fingerprint density at radius 2 is 2.12 bits per heavy atom. The van der Waals surface area contributed by atoms with Crippen LogP contribution in [0.2, 0.25) is 0 Å². The second-order valence-corrected chi connectivity index (χ2v) is 3.59. The standard InChI is InChI=1S/C11H14BF2O2/c1-3-9(11(13)14)10-5-4-8(16-12-15)6-7(10)2/h4-6,9,11,15H,3H2,1-2H3/t9-/m0/s1. The minimum atomic E-state index is -2.36. The van der Waals surface area contributed by atoms with Gasteiger partial charge in [-0.05, 0) is 36.6 Å². The van der Waals surface area contributed by atoms with Crippen molar-refractivity contribution in [2.75, 3.05) is 0 Å². The van der Waals surface area contributed by atoms with E-state index in [0.29, 0.717) is 25.4 Å². The van der Waals surface area contributed by atoms with Crippen molar-refractivity contribution in [1.82, 2.24) is 0 Å². The van der Waals surface area contributed by atoms with Crippen molar-refractivity contribution in [1.29, 1.82) is 0 Å². The molecule has 0 saturated heterocycles. The number of rotatable bonds is 5. The molecular formula is C11H14BF2O2. The molecule has 87 valence electrons. The first-order valence-electron chi connectivity index (χ1n) is 5.11. The molecule has 1 rings (SSSR count). The van der Waals surface area contributed by atoms with Crippen LogP contribution in [0.25, 0.3) is 0 Å². The Morgan fingerprint density at radius 3 is 2.56 bits per heavy atom. The van der Waals surface area contributed by atoms with Gasteiger partial charge in [-0.15, -0.1) is 0 Å². The van der Waals surface area contributed by atoms with Crippen LogP contribution in [0.4, 0.5) is 8.78 Å². The van der Waals surface area contributed by atoms with Crippen LogP contribution in [0.3, 0.4) is 0 Å². The summed E-state index contributed by atoms with van der Waals surface area (Å²) in [5.41, 5.74) is 1.37. The minimum absolute atomic E-state index is 0.394. The smallest absolute Gasteiger partial charge is 0.537 e. The van der Waals surface area contributed by atoms with Gasteiger partial charge in [-0.2, -0.15) is 0 Å². The molecule has 5 heteroatoms. The van der Waals surface area contributed by atoms with Gasteiger partial charge in [0, 0.05) is 5.92 Å². The SMILES string of the molecule is CC[C@@H](c1ccc(O[B]O)cc1C)C(F)F. The van der Waals surface area contributed by atoms with Crippen LogP contribution in [0, 0.1) is 6.92 Å². The van der Waals surface area contributed by atoms with Crippen LogP contribution < -0.4 is 4.65 Å². The van der Waals surface area contributed by atoms with E-state index in [0.717, 1.165) is 5.56 Å². The zero-order chi connectivity index (χ0) is 12.1. The van der Waals surface area contributed by atoms with Crippen molar-refractivity contribution in [3.8, 4) is 5.75 Å². The molecular weight excluding hydrogens is 213 g/mol. The normalized spacial score (nSPS) is 12.6. The highest BCUT2D eigenvalue weighted by Crippen LogP contribution is 2.30. The predicted octanol–water partition coefficient (Wildman–Crippen LogP) is 2.66. The Balaban J connectivity index is 2.97. The van der Waals surface area contributed by atoms with Crippen molar-refractivity contribution >= 4 is 7.69 Å². The van der Waals surface area contributed by atoms with Gasteiger partial charge in [-0.1, -0.05) is 13.0 Å².